The number of benzene rings is 1. The Balaban J connectivity index is 2.40. The summed E-state index contributed by atoms with van der Waals surface area (Å²) in [5, 5.41) is 20.3. The molecule has 2 rings (SSSR count). The molecule has 130 valence electrons. The maximum absolute atomic E-state index is 12.5. The molecule has 0 aromatic heterocycles. The van der Waals surface area contributed by atoms with Gasteiger partial charge in [-0.05, 0) is 12.1 Å². The number of carbonyl (C=O) groups excluding carboxylic acids is 2. The van der Waals surface area contributed by atoms with E-state index in [-0.39, 0.29) is 20.5 Å². The van der Waals surface area contributed by atoms with Gasteiger partial charge in [-0.25, -0.2) is 4.79 Å². The Morgan fingerprint density at radius 2 is 2.08 bits per heavy atom. The fourth-order valence-electron chi connectivity index (χ4n) is 2.15. The van der Waals surface area contributed by atoms with Crippen LogP contribution in [0.4, 0.5) is 5.69 Å². The molecule has 1 aliphatic heterocycles. The quantitative estimate of drug-likeness (QED) is 0.323. The van der Waals surface area contributed by atoms with Gasteiger partial charge in [0.15, 0.2) is 0 Å². The van der Waals surface area contributed by atoms with Gasteiger partial charge in [0.25, 0.3) is 11.6 Å². The smallest absolute Gasteiger partial charge is 0.327 e. The highest BCUT2D eigenvalue weighted by molar-refractivity contribution is 8.26. The van der Waals surface area contributed by atoms with E-state index in [2.05, 4.69) is 0 Å². The topological polar surface area (TPSA) is 144 Å². The van der Waals surface area contributed by atoms with Crippen LogP contribution in [0.15, 0.2) is 29.2 Å². The predicted molar refractivity (Wildman–Crippen MR) is 93.3 cm³/mol. The SMILES string of the molecule is NC(=O)CC(C(=O)O)N1C(=O)/C(=C/c2ccccc2[N+](=O)[O-])SC1=S. The number of nitro groups is 1. The zero-order valence-corrected chi connectivity index (χ0v) is 14.1. The van der Waals surface area contributed by atoms with Crippen molar-refractivity contribution in [3.05, 3.63) is 44.8 Å². The largest absolute Gasteiger partial charge is 0.480 e. The summed E-state index contributed by atoms with van der Waals surface area (Å²) in [7, 11) is 0. The lowest BCUT2D eigenvalue weighted by Gasteiger charge is -2.21. The van der Waals surface area contributed by atoms with Crippen LogP contribution >= 0.6 is 24.0 Å². The van der Waals surface area contributed by atoms with E-state index in [0.717, 1.165) is 16.7 Å². The second-order valence-corrected chi connectivity index (χ2v) is 6.57. The van der Waals surface area contributed by atoms with E-state index < -0.39 is 35.2 Å². The van der Waals surface area contributed by atoms with Crippen LogP contribution in [0, 0.1) is 10.1 Å². The van der Waals surface area contributed by atoms with Crippen molar-refractivity contribution >= 4 is 57.8 Å². The minimum Gasteiger partial charge on any atom is -0.480 e. The molecule has 1 fully saturated rings. The van der Waals surface area contributed by atoms with Gasteiger partial charge < -0.3 is 10.8 Å². The van der Waals surface area contributed by atoms with E-state index in [1.807, 2.05) is 0 Å². The Labute approximate surface area is 150 Å². The van der Waals surface area contributed by atoms with E-state index in [4.69, 9.17) is 18.0 Å². The van der Waals surface area contributed by atoms with Crippen LogP contribution in [0.25, 0.3) is 6.08 Å². The second kappa shape index (κ2) is 7.40. The number of primary amides is 1. The van der Waals surface area contributed by atoms with E-state index in [1.54, 1.807) is 6.07 Å². The van der Waals surface area contributed by atoms with Gasteiger partial charge in [-0.3, -0.25) is 24.6 Å². The van der Waals surface area contributed by atoms with E-state index >= 15 is 0 Å². The van der Waals surface area contributed by atoms with Gasteiger partial charge in [-0.1, -0.05) is 36.1 Å². The molecule has 1 heterocycles. The van der Waals surface area contributed by atoms with Gasteiger partial charge in [0.1, 0.15) is 10.4 Å². The van der Waals surface area contributed by atoms with Crippen LogP contribution < -0.4 is 5.73 Å². The predicted octanol–water partition coefficient (Wildman–Crippen LogP) is 1.12. The van der Waals surface area contributed by atoms with Crippen molar-refractivity contribution in [3.63, 3.8) is 0 Å². The molecule has 2 amide bonds. The number of carbonyl (C=O) groups is 3. The van der Waals surface area contributed by atoms with Gasteiger partial charge in [-0.2, -0.15) is 0 Å². The number of para-hydroxylation sites is 1. The van der Waals surface area contributed by atoms with E-state index in [1.165, 1.54) is 24.3 Å². The highest BCUT2D eigenvalue weighted by atomic mass is 32.2. The van der Waals surface area contributed by atoms with E-state index in [9.17, 15) is 29.6 Å². The zero-order valence-electron chi connectivity index (χ0n) is 12.4. The Hall–Kier alpha value is -2.79. The molecule has 1 aromatic rings. The summed E-state index contributed by atoms with van der Waals surface area (Å²) in [4.78, 5) is 46.1. The average molecular weight is 381 g/mol. The average Bonchev–Trinajstić information content (AvgIpc) is 2.79. The van der Waals surface area contributed by atoms with Crippen molar-refractivity contribution in [2.45, 2.75) is 12.5 Å². The molecule has 0 radical (unpaired) electrons. The van der Waals surface area contributed by atoms with Crippen LogP contribution in [0.5, 0.6) is 0 Å². The third-order valence-corrected chi connectivity index (χ3v) is 4.57. The molecular weight excluding hydrogens is 370 g/mol. The molecule has 1 atom stereocenters. The molecule has 1 aromatic carbocycles. The fourth-order valence-corrected chi connectivity index (χ4v) is 3.49. The first-order valence-electron chi connectivity index (χ1n) is 6.74. The molecule has 9 nitrogen and oxygen atoms in total. The Morgan fingerprint density at radius 3 is 2.64 bits per heavy atom. The monoisotopic (exact) mass is 381 g/mol. The summed E-state index contributed by atoms with van der Waals surface area (Å²) in [6.07, 6.45) is 0.668. The van der Waals surface area contributed by atoms with Crippen molar-refractivity contribution in [3.8, 4) is 0 Å². The van der Waals surface area contributed by atoms with Gasteiger partial charge in [0.2, 0.25) is 5.91 Å². The number of aliphatic carboxylic acids is 1. The summed E-state index contributed by atoms with van der Waals surface area (Å²) < 4.78 is -0.0662. The van der Waals surface area contributed by atoms with E-state index in [0.29, 0.717) is 0 Å². The zero-order chi connectivity index (χ0) is 18.7. The summed E-state index contributed by atoms with van der Waals surface area (Å²) in [6.45, 7) is 0. The number of nitro benzene ring substituents is 1. The van der Waals surface area contributed by atoms with Gasteiger partial charge in [0, 0.05) is 6.07 Å². The lowest BCUT2D eigenvalue weighted by atomic mass is 10.1. The number of hydrogen-bond acceptors (Lipinski definition) is 7. The van der Waals surface area contributed by atoms with Gasteiger partial charge in [-0.15, -0.1) is 0 Å². The third kappa shape index (κ3) is 4.00. The summed E-state index contributed by atoms with van der Waals surface area (Å²) >= 11 is 5.82. The van der Waals surface area contributed by atoms with Crippen molar-refractivity contribution < 1.29 is 24.4 Å². The lowest BCUT2D eigenvalue weighted by Crippen LogP contribution is -2.46. The molecule has 0 bridgehead atoms. The Bertz CT molecular complexity index is 823. The van der Waals surface area contributed by atoms with Crippen LogP contribution in [0.1, 0.15) is 12.0 Å². The molecule has 0 aliphatic carbocycles. The highest BCUT2D eigenvalue weighted by Crippen LogP contribution is 2.35. The molecule has 1 saturated heterocycles. The number of amides is 2. The number of carboxylic acid groups (broad SMARTS) is 1. The molecule has 25 heavy (non-hydrogen) atoms. The first kappa shape index (κ1) is 18.5. The first-order chi connectivity index (χ1) is 11.7. The summed E-state index contributed by atoms with van der Waals surface area (Å²) in [6, 6.07) is 4.24. The Kier molecular flexibility index (Phi) is 5.49. The third-order valence-electron chi connectivity index (χ3n) is 3.23. The highest BCUT2D eigenvalue weighted by Gasteiger charge is 2.41. The maximum Gasteiger partial charge on any atom is 0.327 e. The number of hydrogen-bond donors (Lipinski definition) is 2. The van der Waals surface area contributed by atoms with Crippen LogP contribution in [-0.4, -0.2) is 43.1 Å². The van der Waals surface area contributed by atoms with Crippen molar-refractivity contribution in [1.29, 1.82) is 0 Å². The normalized spacial score (nSPS) is 17.0. The molecule has 1 aliphatic rings. The number of thioether (sulfide) groups is 1. The number of nitrogens with zero attached hydrogens (tertiary/aromatic N) is 2. The molecule has 0 saturated carbocycles. The second-order valence-electron chi connectivity index (χ2n) is 4.89. The molecule has 3 N–H and O–H groups in total. The lowest BCUT2D eigenvalue weighted by molar-refractivity contribution is -0.385. The molecule has 1 unspecified atom stereocenters. The number of carboxylic acids is 1. The number of thiocarbonyl (C=S) groups is 1. The molecule has 11 heteroatoms. The maximum atomic E-state index is 12.5. The van der Waals surface area contributed by atoms with Crippen molar-refractivity contribution in [2.24, 2.45) is 5.73 Å². The van der Waals surface area contributed by atoms with Crippen LogP contribution in [-0.2, 0) is 14.4 Å². The minimum absolute atomic E-state index is 0.0232. The summed E-state index contributed by atoms with van der Waals surface area (Å²) in [5.41, 5.74) is 4.99. The van der Waals surface area contributed by atoms with Gasteiger partial charge >= 0.3 is 5.97 Å². The summed E-state index contributed by atoms with van der Waals surface area (Å²) in [5.74, 6) is -3.08. The van der Waals surface area contributed by atoms with Crippen molar-refractivity contribution in [1.82, 2.24) is 4.90 Å². The fraction of sp³-hybridized carbons (Fsp3) is 0.143. The van der Waals surface area contributed by atoms with Gasteiger partial charge in [0.05, 0.1) is 21.8 Å². The molecular formula is C14H11N3O6S2. The standard InChI is InChI=1S/C14H11N3O6S2/c15-11(18)6-9(13(20)21)16-12(19)10(25-14(16)24)5-7-3-1-2-4-8(7)17(22)23/h1-5,9H,6H2,(H2,15,18)(H,20,21)/b10-5-. The molecule has 0 spiro atoms. The van der Waals surface area contributed by atoms with Crippen molar-refractivity contribution in [2.75, 3.05) is 0 Å². The number of rotatable bonds is 6. The number of nitrogens with two attached hydrogens (primary N) is 1. The van der Waals surface area contributed by atoms with Crippen LogP contribution in [0.2, 0.25) is 0 Å². The Morgan fingerprint density at radius 1 is 1.44 bits per heavy atom. The van der Waals surface area contributed by atoms with Crippen LogP contribution in [0.3, 0.4) is 0 Å². The first-order valence-corrected chi connectivity index (χ1v) is 7.96. The minimum atomic E-state index is -1.53.